The van der Waals surface area contributed by atoms with Crippen molar-refractivity contribution in [3.63, 3.8) is 0 Å². The number of carbonyl (C=O) groups is 1. The van der Waals surface area contributed by atoms with Gasteiger partial charge in [0, 0.05) is 33.8 Å². The summed E-state index contributed by atoms with van der Waals surface area (Å²) in [6, 6.07) is 16.4. The minimum absolute atomic E-state index is 0.00192. The molecule has 29 heavy (non-hydrogen) atoms. The third-order valence-electron chi connectivity index (χ3n) is 4.94. The molecule has 4 nitrogen and oxygen atoms in total. The van der Waals surface area contributed by atoms with Gasteiger partial charge in [-0.05, 0) is 36.9 Å². The van der Waals surface area contributed by atoms with E-state index >= 15 is 0 Å². The van der Waals surface area contributed by atoms with Crippen LogP contribution >= 0.6 is 22.7 Å². The van der Waals surface area contributed by atoms with E-state index in [4.69, 9.17) is 4.98 Å². The largest absolute Gasteiger partial charge is 0.352 e. The van der Waals surface area contributed by atoms with Crippen LogP contribution in [0.3, 0.4) is 0 Å². The summed E-state index contributed by atoms with van der Waals surface area (Å²) in [4.78, 5) is 18.4. The Balaban J connectivity index is 1.43. The third kappa shape index (κ3) is 4.66. The van der Waals surface area contributed by atoms with E-state index in [1.807, 2.05) is 30.3 Å². The Bertz CT molecular complexity index is 1090. The molecule has 1 N–H and O–H groups in total. The molecule has 4 rings (SSSR count). The molecule has 148 valence electrons. The molecule has 3 aromatic heterocycles. The number of thiazole rings is 1. The Morgan fingerprint density at radius 3 is 2.69 bits per heavy atom. The Kier molecular flexibility index (Phi) is 5.92. The lowest BCUT2D eigenvalue weighted by molar-refractivity contribution is -0.120. The van der Waals surface area contributed by atoms with E-state index in [-0.39, 0.29) is 5.91 Å². The Morgan fingerprint density at radius 1 is 1.10 bits per heavy atom. The number of rotatable bonds is 7. The first-order chi connectivity index (χ1) is 14.1. The Morgan fingerprint density at radius 2 is 1.93 bits per heavy atom. The molecule has 0 radical (unpaired) electrons. The number of nitrogens with one attached hydrogen (secondary N) is 1. The van der Waals surface area contributed by atoms with Crippen LogP contribution in [0.25, 0.3) is 11.3 Å². The molecule has 0 saturated heterocycles. The Labute approximate surface area is 178 Å². The molecule has 1 aromatic carbocycles. The third-order valence-corrected chi connectivity index (χ3v) is 6.65. The topological polar surface area (TPSA) is 46.9 Å². The van der Waals surface area contributed by atoms with Crippen LogP contribution in [0.2, 0.25) is 0 Å². The summed E-state index contributed by atoms with van der Waals surface area (Å²) in [6.45, 7) is 5.70. The predicted molar refractivity (Wildman–Crippen MR) is 120 cm³/mol. The molecule has 0 unspecified atom stereocenters. The first kappa shape index (κ1) is 19.6. The Hall–Kier alpha value is -2.70. The summed E-state index contributed by atoms with van der Waals surface area (Å²) in [5.74, 6) is -0.00192. The molecule has 4 aromatic rings. The number of amides is 1. The van der Waals surface area contributed by atoms with Crippen molar-refractivity contribution in [1.82, 2.24) is 14.9 Å². The summed E-state index contributed by atoms with van der Waals surface area (Å²) in [6.07, 6.45) is 0.311. The number of hydrogen-bond acceptors (Lipinski definition) is 4. The number of hydrogen-bond donors (Lipinski definition) is 1. The highest BCUT2D eigenvalue weighted by atomic mass is 32.1. The van der Waals surface area contributed by atoms with Crippen molar-refractivity contribution in [3.05, 3.63) is 86.1 Å². The normalized spacial score (nSPS) is 11.0. The second-order valence-electron chi connectivity index (χ2n) is 7.02. The van der Waals surface area contributed by atoms with Gasteiger partial charge in [-0.2, -0.15) is 0 Å². The maximum Gasteiger partial charge on any atom is 0.227 e. The van der Waals surface area contributed by atoms with Crippen molar-refractivity contribution in [2.75, 3.05) is 0 Å². The van der Waals surface area contributed by atoms with E-state index in [2.05, 4.69) is 52.7 Å². The van der Waals surface area contributed by atoms with E-state index in [0.29, 0.717) is 13.0 Å². The minimum Gasteiger partial charge on any atom is -0.352 e. The summed E-state index contributed by atoms with van der Waals surface area (Å²) < 4.78 is 2.33. The molecule has 0 fully saturated rings. The van der Waals surface area contributed by atoms with Crippen LogP contribution in [0.1, 0.15) is 26.8 Å². The van der Waals surface area contributed by atoms with Gasteiger partial charge < -0.3 is 9.88 Å². The molecule has 1 amide bonds. The fourth-order valence-corrected chi connectivity index (χ4v) is 4.86. The fourth-order valence-electron chi connectivity index (χ4n) is 3.37. The van der Waals surface area contributed by atoms with Gasteiger partial charge in [0.1, 0.15) is 5.01 Å². The van der Waals surface area contributed by atoms with Crippen LogP contribution in [0.5, 0.6) is 0 Å². The first-order valence-corrected chi connectivity index (χ1v) is 11.3. The van der Waals surface area contributed by atoms with E-state index in [0.717, 1.165) is 28.4 Å². The zero-order valence-corrected chi connectivity index (χ0v) is 18.1. The van der Waals surface area contributed by atoms with E-state index in [1.165, 1.54) is 16.3 Å². The zero-order valence-electron chi connectivity index (χ0n) is 16.5. The summed E-state index contributed by atoms with van der Waals surface area (Å²) in [7, 11) is 0. The molecule has 0 aliphatic carbocycles. The molecule has 0 aliphatic heterocycles. The van der Waals surface area contributed by atoms with Gasteiger partial charge in [-0.1, -0.05) is 36.4 Å². The van der Waals surface area contributed by atoms with Crippen LogP contribution in [0.15, 0.2) is 59.3 Å². The van der Waals surface area contributed by atoms with Crippen molar-refractivity contribution in [3.8, 4) is 11.3 Å². The van der Waals surface area contributed by atoms with Gasteiger partial charge in [0.15, 0.2) is 0 Å². The van der Waals surface area contributed by atoms with Crippen LogP contribution in [-0.2, 0) is 24.3 Å². The fraction of sp³-hybridized carbons (Fsp3) is 0.217. The average molecular weight is 422 g/mol. The van der Waals surface area contributed by atoms with Crippen molar-refractivity contribution >= 4 is 28.6 Å². The predicted octanol–water partition coefficient (Wildman–Crippen LogP) is 5.20. The SMILES string of the molecule is Cc1cc(-c2csc(CC(=O)NCc3ccccc3)n2)c(C)n1Cc1cccs1. The zero-order chi connectivity index (χ0) is 20.2. The number of thiophene rings is 1. The summed E-state index contributed by atoms with van der Waals surface area (Å²) >= 11 is 3.32. The van der Waals surface area contributed by atoms with Gasteiger partial charge in [-0.15, -0.1) is 22.7 Å². The van der Waals surface area contributed by atoms with E-state index in [1.54, 1.807) is 22.7 Å². The number of benzene rings is 1. The summed E-state index contributed by atoms with van der Waals surface area (Å²) in [5, 5.41) is 7.98. The number of nitrogens with zero attached hydrogens (tertiary/aromatic N) is 2. The molecule has 0 atom stereocenters. The standard InChI is InChI=1S/C23H23N3OS2/c1-16-11-20(17(2)26(16)14-19-9-6-10-28-19)21-15-29-23(25-21)12-22(27)24-13-18-7-4-3-5-8-18/h3-11,15H,12-14H2,1-2H3,(H,24,27). The lowest BCUT2D eigenvalue weighted by Crippen LogP contribution is -2.24. The maximum atomic E-state index is 12.3. The number of aromatic nitrogens is 2. The minimum atomic E-state index is -0.00192. The van der Waals surface area contributed by atoms with Gasteiger partial charge in [0.25, 0.3) is 0 Å². The van der Waals surface area contributed by atoms with Crippen molar-refractivity contribution < 1.29 is 4.79 Å². The molecule has 6 heteroatoms. The average Bonchev–Trinajstić information content (AvgIpc) is 3.45. The highest BCUT2D eigenvalue weighted by Crippen LogP contribution is 2.29. The highest BCUT2D eigenvalue weighted by Gasteiger charge is 2.15. The van der Waals surface area contributed by atoms with Crippen LogP contribution in [-0.4, -0.2) is 15.5 Å². The lowest BCUT2D eigenvalue weighted by Gasteiger charge is -2.08. The van der Waals surface area contributed by atoms with Crippen molar-refractivity contribution in [1.29, 1.82) is 0 Å². The quantitative estimate of drug-likeness (QED) is 0.446. The second-order valence-corrected chi connectivity index (χ2v) is 8.99. The van der Waals surface area contributed by atoms with Crippen molar-refractivity contribution in [2.24, 2.45) is 0 Å². The highest BCUT2D eigenvalue weighted by molar-refractivity contribution is 7.10. The molecule has 0 spiro atoms. The molecule has 3 heterocycles. The maximum absolute atomic E-state index is 12.3. The number of carbonyl (C=O) groups excluding carboxylic acids is 1. The van der Waals surface area contributed by atoms with Gasteiger partial charge >= 0.3 is 0 Å². The molecule has 0 bridgehead atoms. The van der Waals surface area contributed by atoms with E-state index in [9.17, 15) is 4.79 Å². The smallest absolute Gasteiger partial charge is 0.227 e. The van der Waals surface area contributed by atoms with Crippen molar-refractivity contribution in [2.45, 2.75) is 33.4 Å². The molecule has 0 aliphatic rings. The van der Waals surface area contributed by atoms with Gasteiger partial charge in [0.05, 0.1) is 18.7 Å². The van der Waals surface area contributed by atoms with Crippen LogP contribution in [0, 0.1) is 13.8 Å². The number of aryl methyl sites for hydroxylation is 1. The second kappa shape index (κ2) is 8.76. The van der Waals surface area contributed by atoms with E-state index < -0.39 is 0 Å². The first-order valence-electron chi connectivity index (χ1n) is 9.54. The van der Waals surface area contributed by atoms with Crippen LogP contribution in [0.4, 0.5) is 0 Å². The molecular weight excluding hydrogens is 398 g/mol. The molecule has 0 saturated carbocycles. The van der Waals surface area contributed by atoms with Gasteiger partial charge in [-0.25, -0.2) is 4.98 Å². The lowest BCUT2D eigenvalue weighted by atomic mass is 10.2. The van der Waals surface area contributed by atoms with Gasteiger partial charge in [0.2, 0.25) is 5.91 Å². The monoisotopic (exact) mass is 421 g/mol. The van der Waals surface area contributed by atoms with Gasteiger partial charge in [-0.3, -0.25) is 4.79 Å². The summed E-state index contributed by atoms with van der Waals surface area (Å²) in [5.41, 5.74) is 5.62. The molecular formula is C23H23N3OS2. The van der Waals surface area contributed by atoms with Crippen LogP contribution < -0.4 is 5.32 Å².